The van der Waals surface area contributed by atoms with E-state index in [9.17, 15) is 0 Å². The topological polar surface area (TPSA) is 12.0 Å². The monoisotopic (exact) mass is 153 g/mol. The van der Waals surface area contributed by atoms with Crippen LogP contribution in [0.25, 0.3) is 0 Å². The summed E-state index contributed by atoms with van der Waals surface area (Å²) < 4.78 is 0. The lowest BCUT2D eigenvalue weighted by molar-refractivity contribution is 0.140. The van der Waals surface area contributed by atoms with Gasteiger partial charge in [-0.25, -0.2) is 0 Å². The van der Waals surface area contributed by atoms with Gasteiger partial charge in [0, 0.05) is 13.1 Å². The molecule has 1 atom stereocenters. The average molecular weight is 153 g/mol. The molecular formula is C10H19N. The zero-order chi connectivity index (χ0) is 7.73. The van der Waals surface area contributed by atoms with Crippen LogP contribution >= 0.6 is 0 Å². The zero-order valence-corrected chi connectivity index (χ0v) is 7.53. The maximum absolute atomic E-state index is 3.41. The van der Waals surface area contributed by atoms with Gasteiger partial charge >= 0.3 is 0 Å². The van der Waals surface area contributed by atoms with Crippen molar-refractivity contribution in [2.75, 3.05) is 13.1 Å². The van der Waals surface area contributed by atoms with E-state index in [2.05, 4.69) is 12.2 Å². The molecule has 1 heteroatoms. The van der Waals surface area contributed by atoms with Crippen molar-refractivity contribution in [1.82, 2.24) is 5.32 Å². The van der Waals surface area contributed by atoms with Crippen molar-refractivity contribution in [2.45, 2.75) is 39.0 Å². The van der Waals surface area contributed by atoms with Crippen LogP contribution in [-0.4, -0.2) is 13.1 Å². The molecular weight excluding hydrogens is 134 g/mol. The van der Waals surface area contributed by atoms with Crippen LogP contribution in [0.1, 0.15) is 39.0 Å². The third kappa shape index (κ3) is 1.44. The lowest BCUT2D eigenvalue weighted by Gasteiger charge is -2.42. The van der Waals surface area contributed by atoms with Crippen LogP contribution in [0.15, 0.2) is 0 Å². The highest BCUT2D eigenvalue weighted by Gasteiger charge is 2.37. The van der Waals surface area contributed by atoms with Crippen LogP contribution in [-0.2, 0) is 0 Å². The first-order chi connectivity index (χ1) is 5.31. The molecule has 0 aromatic carbocycles. The Hall–Kier alpha value is -0.0400. The van der Waals surface area contributed by atoms with Crippen molar-refractivity contribution in [1.29, 1.82) is 0 Å². The molecule has 1 heterocycles. The smallest absolute Gasteiger partial charge is 0.00202 e. The maximum atomic E-state index is 3.41. The molecule has 1 unspecified atom stereocenters. The van der Waals surface area contributed by atoms with E-state index in [0.29, 0.717) is 0 Å². The van der Waals surface area contributed by atoms with Gasteiger partial charge in [-0.1, -0.05) is 26.2 Å². The molecule has 64 valence electrons. The van der Waals surface area contributed by atoms with Crippen LogP contribution < -0.4 is 5.32 Å². The Balaban J connectivity index is 1.92. The molecule has 1 spiro atoms. The van der Waals surface area contributed by atoms with Gasteiger partial charge in [-0.3, -0.25) is 0 Å². The fourth-order valence-electron chi connectivity index (χ4n) is 2.48. The number of hydrogen-bond donors (Lipinski definition) is 1. The highest BCUT2D eigenvalue weighted by molar-refractivity contribution is 4.93. The lowest BCUT2D eigenvalue weighted by Crippen LogP contribution is -2.52. The van der Waals surface area contributed by atoms with Crippen molar-refractivity contribution < 1.29 is 0 Å². The van der Waals surface area contributed by atoms with E-state index in [1.165, 1.54) is 45.2 Å². The molecule has 2 fully saturated rings. The van der Waals surface area contributed by atoms with Crippen LogP contribution in [0.3, 0.4) is 0 Å². The van der Waals surface area contributed by atoms with E-state index < -0.39 is 0 Å². The summed E-state index contributed by atoms with van der Waals surface area (Å²) in [4.78, 5) is 0. The molecule has 2 rings (SSSR count). The first-order valence-electron chi connectivity index (χ1n) is 5.02. The summed E-state index contributed by atoms with van der Waals surface area (Å²) in [7, 11) is 0. The normalized spacial score (nSPS) is 36.3. The summed E-state index contributed by atoms with van der Waals surface area (Å²) in [6.45, 7) is 5.02. The Labute approximate surface area is 69.6 Å². The zero-order valence-electron chi connectivity index (χ0n) is 7.53. The van der Waals surface area contributed by atoms with Gasteiger partial charge in [-0.2, -0.15) is 0 Å². The van der Waals surface area contributed by atoms with Gasteiger partial charge in [-0.15, -0.1) is 0 Å². The SMILES string of the molecule is CC1CCCC2(CC1)CNC2. The van der Waals surface area contributed by atoms with Gasteiger partial charge in [0.05, 0.1) is 0 Å². The van der Waals surface area contributed by atoms with Crippen LogP contribution in [0.2, 0.25) is 0 Å². The summed E-state index contributed by atoms with van der Waals surface area (Å²) in [5.41, 5.74) is 0.755. The molecule has 0 bridgehead atoms. The molecule has 0 aromatic heterocycles. The summed E-state index contributed by atoms with van der Waals surface area (Å²) in [5.74, 6) is 0.995. The molecule has 1 N–H and O–H groups in total. The molecule has 0 radical (unpaired) electrons. The van der Waals surface area contributed by atoms with Gasteiger partial charge in [-0.05, 0) is 24.2 Å². The van der Waals surface area contributed by atoms with Crippen LogP contribution in [0.4, 0.5) is 0 Å². The van der Waals surface area contributed by atoms with Crippen molar-refractivity contribution >= 4 is 0 Å². The third-order valence-corrected chi connectivity index (χ3v) is 3.57. The van der Waals surface area contributed by atoms with E-state index in [1.807, 2.05) is 0 Å². The minimum atomic E-state index is 0.755. The second-order valence-electron chi connectivity index (χ2n) is 4.64. The first kappa shape index (κ1) is 7.60. The van der Waals surface area contributed by atoms with E-state index in [4.69, 9.17) is 0 Å². The lowest BCUT2D eigenvalue weighted by atomic mass is 9.75. The average Bonchev–Trinajstić information content (AvgIpc) is 2.09. The predicted octanol–water partition coefficient (Wildman–Crippen LogP) is 2.18. The quantitative estimate of drug-likeness (QED) is 0.562. The predicted molar refractivity (Wildman–Crippen MR) is 47.6 cm³/mol. The highest BCUT2D eigenvalue weighted by Crippen LogP contribution is 2.39. The van der Waals surface area contributed by atoms with Gasteiger partial charge in [0.25, 0.3) is 0 Å². The summed E-state index contributed by atoms with van der Waals surface area (Å²) >= 11 is 0. The van der Waals surface area contributed by atoms with Crippen LogP contribution in [0.5, 0.6) is 0 Å². The fourth-order valence-corrected chi connectivity index (χ4v) is 2.48. The number of nitrogens with one attached hydrogen (secondary N) is 1. The molecule has 1 saturated carbocycles. The Morgan fingerprint density at radius 1 is 1.18 bits per heavy atom. The number of hydrogen-bond acceptors (Lipinski definition) is 1. The largest absolute Gasteiger partial charge is 0.316 e. The van der Waals surface area contributed by atoms with E-state index in [0.717, 1.165) is 11.3 Å². The molecule has 1 aliphatic carbocycles. The van der Waals surface area contributed by atoms with E-state index in [1.54, 1.807) is 0 Å². The summed E-state index contributed by atoms with van der Waals surface area (Å²) in [5, 5.41) is 3.41. The van der Waals surface area contributed by atoms with E-state index >= 15 is 0 Å². The van der Waals surface area contributed by atoms with Crippen molar-refractivity contribution in [2.24, 2.45) is 11.3 Å². The molecule has 11 heavy (non-hydrogen) atoms. The minimum absolute atomic E-state index is 0.755. The van der Waals surface area contributed by atoms with Crippen molar-refractivity contribution in [3.8, 4) is 0 Å². The Kier molecular flexibility index (Phi) is 1.92. The Morgan fingerprint density at radius 3 is 2.64 bits per heavy atom. The second kappa shape index (κ2) is 2.78. The van der Waals surface area contributed by atoms with Crippen molar-refractivity contribution in [3.63, 3.8) is 0 Å². The van der Waals surface area contributed by atoms with Gasteiger partial charge in [0.1, 0.15) is 0 Å². The highest BCUT2D eigenvalue weighted by atomic mass is 15.0. The second-order valence-corrected chi connectivity index (χ2v) is 4.64. The Bertz CT molecular complexity index is 138. The van der Waals surface area contributed by atoms with Crippen molar-refractivity contribution in [3.05, 3.63) is 0 Å². The number of rotatable bonds is 0. The summed E-state index contributed by atoms with van der Waals surface area (Å²) in [6.07, 6.45) is 7.40. The molecule has 2 aliphatic rings. The van der Waals surface area contributed by atoms with Gasteiger partial charge < -0.3 is 5.32 Å². The standard InChI is InChI=1S/C10H19N/c1-9-3-2-5-10(6-4-9)7-11-8-10/h9,11H,2-8H2,1H3. The molecule has 0 amide bonds. The van der Waals surface area contributed by atoms with E-state index in [-0.39, 0.29) is 0 Å². The Morgan fingerprint density at radius 2 is 2.00 bits per heavy atom. The van der Waals surface area contributed by atoms with Crippen LogP contribution in [0, 0.1) is 11.3 Å². The maximum Gasteiger partial charge on any atom is 0.00202 e. The minimum Gasteiger partial charge on any atom is -0.316 e. The summed E-state index contributed by atoms with van der Waals surface area (Å²) in [6, 6.07) is 0. The van der Waals surface area contributed by atoms with Gasteiger partial charge in [0.15, 0.2) is 0 Å². The fraction of sp³-hybridized carbons (Fsp3) is 1.00. The first-order valence-corrected chi connectivity index (χ1v) is 5.02. The molecule has 1 saturated heterocycles. The molecule has 1 nitrogen and oxygen atoms in total. The third-order valence-electron chi connectivity index (χ3n) is 3.57. The van der Waals surface area contributed by atoms with Gasteiger partial charge in [0.2, 0.25) is 0 Å². The molecule has 0 aromatic rings. The molecule has 1 aliphatic heterocycles.